The predicted octanol–water partition coefficient (Wildman–Crippen LogP) is 7.20. The van der Waals surface area contributed by atoms with Crippen LogP contribution in [0.2, 0.25) is 0 Å². The monoisotopic (exact) mass is 373 g/mol. The molecule has 3 heteroatoms. The summed E-state index contributed by atoms with van der Waals surface area (Å²) in [4.78, 5) is 11.1. The smallest absolute Gasteiger partial charge is 0.335 e. The number of unbranched alkanes of at least 4 members (excludes halogenated alkanes) is 12. The topological polar surface area (TPSA) is 49.3 Å². The highest BCUT2D eigenvalue weighted by Gasteiger charge is 2.21. The van der Waals surface area contributed by atoms with Crippen LogP contribution in [0.15, 0.2) is 18.2 Å². The van der Waals surface area contributed by atoms with Crippen molar-refractivity contribution in [2.24, 2.45) is 0 Å². The fourth-order valence-electron chi connectivity index (χ4n) is 4.14. The lowest BCUT2D eigenvalue weighted by Crippen LogP contribution is -2.14. The maximum absolute atomic E-state index is 11.1. The van der Waals surface area contributed by atoms with E-state index in [1.807, 2.05) is 6.07 Å². The molecule has 0 amide bonds. The van der Waals surface area contributed by atoms with E-state index < -0.39 is 5.97 Å². The molecule has 0 aliphatic carbocycles. The van der Waals surface area contributed by atoms with E-state index >= 15 is 0 Å². The summed E-state index contributed by atoms with van der Waals surface area (Å²) in [6.45, 7) is 2.28. The Labute approximate surface area is 166 Å². The summed E-state index contributed by atoms with van der Waals surface area (Å²) in [6.07, 6.45) is 20.3. The zero-order valence-corrected chi connectivity index (χ0v) is 17.3. The minimum atomic E-state index is -0.848. The number of benzene rings is 1. The lowest BCUT2D eigenvalue weighted by atomic mass is 10.0. The fourth-order valence-corrected chi connectivity index (χ4v) is 4.14. The molecule has 1 aliphatic rings. The molecule has 0 fully saturated rings. The Balaban J connectivity index is 1.42. The summed E-state index contributed by atoms with van der Waals surface area (Å²) >= 11 is 0. The molecule has 2 N–H and O–H groups in total. The Bertz CT molecular complexity index is 555. The molecule has 0 unspecified atom stereocenters. The summed E-state index contributed by atoms with van der Waals surface area (Å²) in [5, 5.41) is 12.6. The van der Waals surface area contributed by atoms with E-state index in [2.05, 4.69) is 12.2 Å². The first kappa shape index (κ1) is 21.8. The van der Waals surface area contributed by atoms with E-state index in [9.17, 15) is 4.79 Å². The van der Waals surface area contributed by atoms with Gasteiger partial charge in [-0.25, -0.2) is 4.79 Å². The third-order valence-electron chi connectivity index (χ3n) is 5.84. The van der Waals surface area contributed by atoms with Crippen molar-refractivity contribution in [3.8, 4) is 0 Å². The first-order chi connectivity index (χ1) is 13.2. The molecule has 0 aromatic heterocycles. The van der Waals surface area contributed by atoms with Crippen LogP contribution in [-0.4, -0.2) is 17.1 Å². The SMILES string of the molecule is CCCCCCCCCCCCCCC[C@H]1Cc2ccc(C(=O)O)cc2N1. The molecule has 1 atom stereocenters. The fraction of sp³-hybridized carbons (Fsp3) is 0.708. The van der Waals surface area contributed by atoms with Gasteiger partial charge < -0.3 is 10.4 Å². The van der Waals surface area contributed by atoms with Crippen LogP contribution in [0.25, 0.3) is 0 Å². The molecule has 1 aliphatic heterocycles. The van der Waals surface area contributed by atoms with Gasteiger partial charge in [-0.1, -0.05) is 96.5 Å². The van der Waals surface area contributed by atoms with Gasteiger partial charge >= 0.3 is 5.97 Å². The molecule has 0 bridgehead atoms. The van der Waals surface area contributed by atoms with Gasteiger partial charge in [-0.15, -0.1) is 0 Å². The summed E-state index contributed by atoms with van der Waals surface area (Å²) in [7, 11) is 0. The number of fused-ring (bicyclic) bond motifs is 1. The van der Waals surface area contributed by atoms with Crippen molar-refractivity contribution in [1.29, 1.82) is 0 Å². The first-order valence-corrected chi connectivity index (χ1v) is 11.3. The number of anilines is 1. The Kier molecular flexibility index (Phi) is 10.3. The number of hydrogen-bond acceptors (Lipinski definition) is 2. The second-order valence-electron chi connectivity index (χ2n) is 8.25. The van der Waals surface area contributed by atoms with Crippen LogP contribution in [0.3, 0.4) is 0 Å². The van der Waals surface area contributed by atoms with Crippen LogP contribution in [0.4, 0.5) is 5.69 Å². The largest absolute Gasteiger partial charge is 0.478 e. The van der Waals surface area contributed by atoms with Gasteiger partial charge in [-0.05, 0) is 30.5 Å². The Morgan fingerprint density at radius 1 is 0.926 bits per heavy atom. The summed E-state index contributed by atoms with van der Waals surface area (Å²) in [5.74, 6) is -0.848. The number of rotatable bonds is 15. The number of hydrogen-bond donors (Lipinski definition) is 2. The lowest BCUT2D eigenvalue weighted by Gasteiger charge is -2.11. The van der Waals surface area contributed by atoms with Crippen LogP contribution in [0.5, 0.6) is 0 Å². The predicted molar refractivity (Wildman–Crippen MR) is 115 cm³/mol. The van der Waals surface area contributed by atoms with Crippen molar-refractivity contribution in [3.05, 3.63) is 29.3 Å². The average Bonchev–Trinajstić information content (AvgIpc) is 3.07. The highest BCUT2D eigenvalue weighted by Crippen LogP contribution is 2.29. The second-order valence-corrected chi connectivity index (χ2v) is 8.25. The van der Waals surface area contributed by atoms with Crippen molar-refractivity contribution in [1.82, 2.24) is 0 Å². The molecule has 0 saturated carbocycles. The molecule has 0 saturated heterocycles. The first-order valence-electron chi connectivity index (χ1n) is 11.3. The molecule has 3 nitrogen and oxygen atoms in total. The number of carboxylic acid groups (broad SMARTS) is 1. The maximum Gasteiger partial charge on any atom is 0.335 e. The van der Waals surface area contributed by atoms with Crippen LogP contribution in [-0.2, 0) is 6.42 Å². The van der Waals surface area contributed by atoms with Crippen molar-refractivity contribution in [3.63, 3.8) is 0 Å². The van der Waals surface area contributed by atoms with E-state index in [-0.39, 0.29) is 0 Å². The third-order valence-corrected chi connectivity index (χ3v) is 5.84. The maximum atomic E-state index is 11.1. The number of carboxylic acids is 1. The average molecular weight is 374 g/mol. The van der Waals surface area contributed by atoms with Gasteiger partial charge in [-0.3, -0.25) is 0 Å². The molecule has 1 heterocycles. The van der Waals surface area contributed by atoms with Crippen molar-refractivity contribution in [2.75, 3.05) is 5.32 Å². The molecule has 1 aromatic carbocycles. The zero-order chi connectivity index (χ0) is 19.3. The van der Waals surface area contributed by atoms with Gasteiger partial charge in [0, 0.05) is 11.7 Å². The van der Waals surface area contributed by atoms with Gasteiger partial charge in [-0.2, -0.15) is 0 Å². The molecule has 0 spiro atoms. The van der Waals surface area contributed by atoms with Gasteiger partial charge in [0.25, 0.3) is 0 Å². The van der Waals surface area contributed by atoms with Crippen LogP contribution in [0.1, 0.15) is 113 Å². The highest BCUT2D eigenvalue weighted by molar-refractivity contribution is 5.89. The Morgan fingerprint density at radius 3 is 2.04 bits per heavy atom. The molecule has 1 aromatic rings. The minimum absolute atomic E-state index is 0.378. The van der Waals surface area contributed by atoms with Crippen molar-refractivity contribution >= 4 is 11.7 Å². The molecule has 27 heavy (non-hydrogen) atoms. The van der Waals surface area contributed by atoms with E-state index in [0.29, 0.717) is 11.6 Å². The second kappa shape index (κ2) is 12.8. The Hall–Kier alpha value is -1.51. The van der Waals surface area contributed by atoms with Gasteiger partial charge in [0.15, 0.2) is 0 Å². The van der Waals surface area contributed by atoms with Crippen molar-refractivity contribution in [2.45, 2.75) is 109 Å². The molecule has 2 rings (SSSR count). The standard InChI is InChI=1S/C24H39NO2/c1-2-3-4-5-6-7-8-9-10-11-12-13-14-15-22-18-20-16-17-21(24(26)27)19-23(20)25-22/h16-17,19,22,25H,2-15,18H2,1H3,(H,26,27)/t22-/m0/s1. The summed E-state index contributed by atoms with van der Waals surface area (Å²) in [6, 6.07) is 5.95. The van der Waals surface area contributed by atoms with E-state index in [1.54, 1.807) is 12.1 Å². The quantitative estimate of drug-likeness (QED) is 0.319. The number of aromatic carboxylic acids is 1. The number of nitrogens with one attached hydrogen (secondary N) is 1. The van der Waals surface area contributed by atoms with Gasteiger partial charge in [0.05, 0.1) is 5.56 Å². The van der Waals surface area contributed by atoms with Gasteiger partial charge in [0.1, 0.15) is 0 Å². The van der Waals surface area contributed by atoms with Crippen molar-refractivity contribution < 1.29 is 9.90 Å². The third kappa shape index (κ3) is 8.36. The molecule has 0 radical (unpaired) electrons. The van der Waals surface area contributed by atoms with Crippen LogP contribution in [0, 0.1) is 0 Å². The lowest BCUT2D eigenvalue weighted by molar-refractivity contribution is 0.0697. The molecular formula is C24H39NO2. The normalized spacial score (nSPS) is 15.5. The van der Waals surface area contributed by atoms with E-state index in [0.717, 1.165) is 12.1 Å². The summed E-state index contributed by atoms with van der Waals surface area (Å²) < 4.78 is 0. The summed E-state index contributed by atoms with van der Waals surface area (Å²) in [5.41, 5.74) is 2.66. The Morgan fingerprint density at radius 2 is 1.48 bits per heavy atom. The highest BCUT2D eigenvalue weighted by atomic mass is 16.4. The molecule has 152 valence electrons. The van der Waals surface area contributed by atoms with E-state index in [1.165, 1.54) is 95.5 Å². The van der Waals surface area contributed by atoms with Crippen LogP contribution < -0.4 is 5.32 Å². The molecular weight excluding hydrogens is 334 g/mol. The van der Waals surface area contributed by atoms with Gasteiger partial charge in [0.2, 0.25) is 0 Å². The number of carbonyl (C=O) groups is 1. The zero-order valence-electron chi connectivity index (χ0n) is 17.3. The van der Waals surface area contributed by atoms with Crippen LogP contribution >= 0.6 is 0 Å². The minimum Gasteiger partial charge on any atom is -0.478 e. The van der Waals surface area contributed by atoms with E-state index in [4.69, 9.17) is 5.11 Å².